The van der Waals surface area contributed by atoms with Crippen LogP contribution in [0.25, 0.3) is 0 Å². The van der Waals surface area contributed by atoms with Crippen molar-refractivity contribution in [1.82, 2.24) is 0 Å². The van der Waals surface area contributed by atoms with E-state index in [2.05, 4.69) is 34.7 Å². The first-order valence-electron chi connectivity index (χ1n) is 4.46. The smallest absolute Gasteiger partial charge is 0.309 e. The van der Waals surface area contributed by atoms with Crippen LogP contribution in [0.5, 0.6) is 0 Å². The van der Waals surface area contributed by atoms with Crippen LogP contribution in [0, 0.1) is 0 Å². The Balaban J connectivity index is 0. The molecule has 0 atom stereocenters. The van der Waals surface area contributed by atoms with E-state index in [1.807, 2.05) is 30.3 Å². The van der Waals surface area contributed by atoms with E-state index in [1.165, 1.54) is 0 Å². The summed E-state index contributed by atoms with van der Waals surface area (Å²) in [5.74, 6) is -1.61. The second-order valence-corrected chi connectivity index (χ2v) is 3.42. The summed E-state index contributed by atoms with van der Waals surface area (Å²) in [6.07, 6.45) is 0. The van der Waals surface area contributed by atoms with Crippen LogP contribution in [0.3, 0.4) is 0 Å². The Kier molecular flexibility index (Phi) is 11.9. The topological polar surface area (TPSA) is 52.6 Å². The fourth-order valence-electron chi connectivity index (χ4n) is 0.692. The molecular formula is C11H11CoO4S2-3. The first-order chi connectivity index (χ1) is 8.04. The van der Waals surface area contributed by atoms with Crippen LogP contribution < -0.4 is 0 Å². The number of esters is 2. The Labute approximate surface area is 127 Å². The van der Waals surface area contributed by atoms with Gasteiger partial charge < -0.3 is 34.7 Å². The molecule has 0 aliphatic heterocycles. The van der Waals surface area contributed by atoms with E-state index in [0.29, 0.717) is 0 Å². The van der Waals surface area contributed by atoms with E-state index in [0.717, 1.165) is 14.2 Å². The summed E-state index contributed by atoms with van der Waals surface area (Å²) in [7, 11) is 2.29. The molecule has 0 aliphatic rings. The fourth-order valence-corrected chi connectivity index (χ4v) is 1.02. The van der Waals surface area contributed by atoms with E-state index < -0.39 is 11.9 Å². The molecule has 1 aromatic carbocycles. The third kappa shape index (κ3) is 7.33. The number of ether oxygens (including phenoxy) is 2. The minimum Gasteiger partial charge on any atom is -0.774 e. The Morgan fingerprint density at radius 1 is 0.944 bits per heavy atom. The van der Waals surface area contributed by atoms with E-state index in [1.54, 1.807) is 0 Å². The molecule has 1 rings (SSSR count). The molecule has 0 amide bonds. The monoisotopic (exact) mass is 330 g/mol. The molecule has 103 valence electrons. The molecule has 0 aromatic heterocycles. The van der Waals surface area contributed by atoms with Gasteiger partial charge in [-0.1, -0.05) is 0 Å². The number of methoxy groups -OCH3 is 2. The number of rotatable bonds is 2. The average molecular weight is 330 g/mol. The predicted molar refractivity (Wildman–Crippen MR) is 67.8 cm³/mol. The van der Waals surface area contributed by atoms with E-state index in [4.69, 9.17) is 0 Å². The quantitative estimate of drug-likeness (QED) is 0.350. The maximum atomic E-state index is 10.7. The standard InChI is InChI=1S/C6H8O4S2.C5H5.Co/c1-9-5(7)3(11)4(12)6(8)10-2;1-2-4-5-3-1;/h11-12H,1-2H3;1-5H;/q;-1;/p-2/b4-3-;;. The second-order valence-electron chi connectivity index (χ2n) is 2.60. The van der Waals surface area contributed by atoms with Crippen LogP contribution in [-0.4, -0.2) is 26.2 Å². The number of carbonyl (C=O) groups excluding carboxylic acids is 2. The van der Waals surface area contributed by atoms with Crippen molar-refractivity contribution in [2.75, 3.05) is 14.2 Å². The van der Waals surface area contributed by atoms with Gasteiger partial charge in [0.25, 0.3) is 0 Å². The molecule has 1 aromatic rings. The van der Waals surface area contributed by atoms with Crippen LogP contribution in [0.1, 0.15) is 0 Å². The molecule has 0 aliphatic carbocycles. The fraction of sp³-hybridized carbons (Fsp3) is 0.182. The van der Waals surface area contributed by atoms with Crippen LogP contribution >= 0.6 is 0 Å². The zero-order valence-corrected chi connectivity index (χ0v) is 12.3. The first-order valence-corrected chi connectivity index (χ1v) is 5.27. The largest absolute Gasteiger partial charge is 0.774 e. The van der Waals surface area contributed by atoms with Crippen molar-refractivity contribution in [1.29, 1.82) is 0 Å². The summed E-state index contributed by atoms with van der Waals surface area (Å²) in [6, 6.07) is 10.0. The van der Waals surface area contributed by atoms with Crippen molar-refractivity contribution in [3.8, 4) is 0 Å². The third-order valence-electron chi connectivity index (χ3n) is 1.50. The van der Waals surface area contributed by atoms with Gasteiger partial charge in [0.1, 0.15) is 0 Å². The van der Waals surface area contributed by atoms with Gasteiger partial charge in [-0.2, -0.15) is 18.2 Å². The van der Waals surface area contributed by atoms with Crippen molar-refractivity contribution in [3.05, 3.63) is 40.1 Å². The normalized spacial score (nSPS) is 9.89. The van der Waals surface area contributed by atoms with Gasteiger partial charge in [-0.3, -0.25) is 0 Å². The predicted octanol–water partition coefficient (Wildman–Crippen LogP) is 1.04. The van der Waals surface area contributed by atoms with Gasteiger partial charge in [-0.25, -0.2) is 21.7 Å². The van der Waals surface area contributed by atoms with Crippen molar-refractivity contribution in [2.45, 2.75) is 0 Å². The molecule has 4 nitrogen and oxygen atoms in total. The molecule has 18 heavy (non-hydrogen) atoms. The van der Waals surface area contributed by atoms with Crippen molar-refractivity contribution in [2.24, 2.45) is 0 Å². The first kappa shape index (κ1) is 19.3. The maximum absolute atomic E-state index is 10.7. The maximum Gasteiger partial charge on any atom is 0.309 e. The van der Waals surface area contributed by atoms with Crippen LogP contribution in [-0.2, 0) is 61.1 Å². The van der Waals surface area contributed by atoms with Crippen molar-refractivity contribution < 1.29 is 35.8 Å². The van der Waals surface area contributed by atoms with Crippen molar-refractivity contribution in [3.63, 3.8) is 0 Å². The SMILES string of the molecule is COC(=O)/C([S-])=C(/[S-])C(=O)OC.[Co].c1cc[cH-]c1. The molecule has 1 radical (unpaired) electrons. The summed E-state index contributed by atoms with van der Waals surface area (Å²) in [5, 5.41) is 0. The van der Waals surface area contributed by atoms with E-state index >= 15 is 0 Å². The molecule has 0 unspecified atom stereocenters. The number of hydrogen-bond donors (Lipinski definition) is 0. The number of carbonyl (C=O) groups is 2. The minimum absolute atomic E-state index is 0. The zero-order valence-electron chi connectivity index (χ0n) is 9.67. The molecule has 0 heterocycles. The molecule has 7 heteroatoms. The second kappa shape index (κ2) is 11.1. The molecule has 0 saturated heterocycles. The van der Waals surface area contributed by atoms with Gasteiger partial charge in [0, 0.05) is 16.8 Å². The Hall–Kier alpha value is -1.02. The molecular weight excluding hydrogens is 319 g/mol. The molecule has 0 N–H and O–H groups in total. The van der Waals surface area contributed by atoms with Gasteiger partial charge in [0.05, 0.1) is 14.2 Å². The minimum atomic E-state index is -0.805. The van der Waals surface area contributed by atoms with Gasteiger partial charge in [0.15, 0.2) is 0 Å². The summed E-state index contributed by atoms with van der Waals surface area (Å²) in [4.78, 5) is 20.8. The Morgan fingerprint density at radius 2 is 1.28 bits per heavy atom. The van der Waals surface area contributed by atoms with Gasteiger partial charge in [0.2, 0.25) is 0 Å². The summed E-state index contributed by atoms with van der Waals surface area (Å²) < 4.78 is 8.50. The molecule has 0 fully saturated rings. The van der Waals surface area contributed by atoms with Crippen LogP contribution in [0.2, 0.25) is 0 Å². The van der Waals surface area contributed by atoms with Crippen molar-refractivity contribution >= 4 is 37.2 Å². The average Bonchev–Trinajstić information content (AvgIpc) is 2.93. The van der Waals surface area contributed by atoms with Crippen LogP contribution in [0.15, 0.2) is 40.1 Å². The van der Waals surface area contributed by atoms with E-state index in [-0.39, 0.29) is 26.6 Å². The Morgan fingerprint density at radius 3 is 1.44 bits per heavy atom. The molecule has 0 bridgehead atoms. The van der Waals surface area contributed by atoms with Crippen LogP contribution in [0.4, 0.5) is 0 Å². The van der Waals surface area contributed by atoms with Gasteiger partial charge in [-0.05, 0) is 0 Å². The third-order valence-corrected chi connectivity index (χ3v) is 2.37. The molecule has 0 saturated carbocycles. The Bertz CT molecular complexity index is 347. The number of hydrogen-bond acceptors (Lipinski definition) is 6. The van der Waals surface area contributed by atoms with Gasteiger partial charge >= 0.3 is 11.9 Å². The van der Waals surface area contributed by atoms with E-state index in [9.17, 15) is 9.59 Å². The summed E-state index contributed by atoms with van der Waals surface area (Å²) in [5.41, 5.74) is 0. The molecule has 0 spiro atoms. The summed E-state index contributed by atoms with van der Waals surface area (Å²) in [6.45, 7) is 0. The zero-order chi connectivity index (χ0) is 13.3. The van der Waals surface area contributed by atoms with Gasteiger partial charge in [-0.15, -0.1) is 9.81 Å². The summed E-state index contributed by atoms with van der Waals surface area (Å²) >= 11 is 9.05.